The monoisotopic (exact) mass is 501 g/mol. The van der Waals surface area contributed by atoms with Crippen molar-refractivity contribution in [2.24, 2.45) is 0 Å². The van der Waals surface area contributed by atoms with Crippen LogP contribution in [0.25, 0.3) is 5.76 Å². The lowest BCUT2D eigenvalue weighted by Crippen LogP contribution is -2.32. The van der Waals surface area contributed by atoms with Gasteiger partial charge in [0, 0.05) is 19.2 Å². The molecule has 0 spiro atoms. The summed E-state index contributed by atoms with van der Waals surface area (Å²) in [5, 5.41) is 11.3. The van der Waals surface area contributed by atoms with Crippen LogP contribution in [-0.2, 0) is 20.9 Å². The van der Waals surface area contributed by atoms with Crippen molar-refractivity contribution in [2.75, 3.05) is 27.4 Å². The fourth-order valence-corrected chi connectivity index (χ4v) is 4.50. The molecule has 192 valence electrons. The minimum Gasteiger partial charge on any atom is -0.507 e. The van der Waals surface area contributed by atoms with Gasteiger partial charge < -0.3 is 24.2 Å². The average Bonchev–Trinajstić information content (AvgIpc) is 3.16. The summed E-state index contributed by atoms with van der Waals surface area (Å²) in [6.07, 6.45) is 0. The lowest BCUT2D eigenvalue weighted by Gasteiger charge is -2.25. The second-order valence-electron chi connectivity index (χ2n) is 8.95. The molecule has 1 fully saturated rings. The highest BCUT2D eigenvalue weighted by Gasteiger charge is 2.46. The zero-order chi connectivity index (χ0) is 26.5. The number of benzene rings is 3. The highest BCUT2D eigenvalue weighted by molar-refractivity contribution is 6.46. The first-order valence-corrected chi connectivity index (χ1v) is 12.0. The summed E-state index contributed by atoms with van der Waals surface area (Å²) in [5.41, 5.74) is 4.16. The number of aryl methyl sites for hydroxylation is 2. The number of likely N-dealkylation sites (tertiary alicyclic amines) is 1. The molecular weight excluding hydrogens is 470 g/mol. The summed E-state index contributed by atoms with van der Waals surface area (Å²) in [7, 11) is 3.09. The first-order valence-electron chi connectivity index (χ1n) is 12.0. The largest absolute Gasteiger partial charge is 0.507 e. The Morgan fingerprint density at radius 1 is 0.919 bits per heavy atom. The molecule has 0 aliphatic carbocycles. The van der Waals surface area contributed by atoms with Crippen molar-refractivity contribution in [1.29, 1.82) is 0 Å². The van der Waals surface area contributed by atoms with Crippen molar-refractivity contribution in [1.82, 2.24) is 4.90 Å². The van der Waals surface area contributed by atoms with E-state index in [2.05, 4.69) is 0 Å². The standard InChI is InChI=1S/C30H31NO6/c1-19-7-5-6-8-22(19)18-37-23-11-9-21(10-12-23)27-26(29(33)30(34)31(27)15-16-35-3)28(32)25-14-13-24(36-4)17-20(25)2/h5-14,17,27,32H,15-16,18H2,1-4H3/b28-26-. The lowest BCUT2D eigenvalue weighted by molar-refractivity contribution is -0.140. The van der Waals surface area contributed by atoms with E-state index in [1.165, 1.54) is 12.0 Å². The average molecular weight is 502 g/mol. The minimum atomic E-state index is -0.762. The van der Waals surface area contributed by atoms with Gasteiger partial charge in [0.1, 0.15) is 23.9 Å². The third-order valence-electron chi connectivity index (χ3n) is 6.62. The van der Waals surface area contributed by atoms with Crippen molar-refractivity contribution in [2.45, 2.75) is 26.5 Å². The Morgan fingerprint density at radius 3 is 2.27 bits per heavy atom. The van der Waals surface area contributed by atoms with E-state index in [1.54, 1.807) is 25.3 Å². The van der Waals surface area contributed by atoms with Gasteiger partial charge in [-0.2, -0.15) is 0 Å². The number of hydrogen-bond acceptors (Lipinski definition) is 6. The van der Waals surface area contributed by atoms with Gasteiger partial charge in [0.15, 0.2) is 0 Å². The number of amides is 1. The Kier molecular flexibility index (Phi) is 7.94. The third-order valence-corrected chi connectivity index (χ3v) is 6.62. The molecular formula is C30H31NO6. The maximum Gasteiger partial charge on any atom is 0.295 e. The van der Waals surface area contributed by atoms with Gasteiger partial charge in [0.2, 0.25) is 0 Å². The van der Waals surface area contributed by atoms with Crippen LogP contribution in [0.4, 0.5) is 0 Å². The Hall–Kier alpha value is -4.10. The van der Waals surface area contributed by atoms with Crippen molar-refractivity contribution in [3.8, 4) is 11.5 Å². The van der Waals surface area contributed by atoms with Gasteiger partial charge in [-0.3, -0.25) is 9.59 Å². The van der Waals surface area contributed by atoms with E-state index in [9.17, 15) is 14.7 Å². The topological polar surface area (TPSA) is 85.3 Å². The van der Waals surface area contributed by atoms with Crippen molar-refractivity contribution in [3.05, 3.63) is 100 Å². The highest BCUT2D eigenvalue weighted by atomic mass is 16.5. The number of hydrogen-bond donors (Lipinski definition) is 1. The predicted molar refractivity (Wildman–Crippen MR) is 141 cm³/mol. The highest BCUT2D eigenvalue weighted by Crippen LogP contribution is 2.40. The SMILES string of the molecule is COCCN1C(=O)C(=O)/C(=C(\O)c2ccc(OC)cc2C)C1c1ccc(OCc2ccccc2C)cc1. The van der Waals surface area contributed by atoms with E-state index < -0.39 is 17.7 Å². The molecule has 1 N–H and O–H groups in total. The molecule has 37 heavy (non-hydrogen) atoms. The van der Waals surface area contributed by atoms with Gasteiger partial charge >= 0.3 is 0 Å². The molecule has 3 aromatic carbocycles. The molecule has 1 atom stereocenters. The van der Waals surface area contributed by atoms with Crippen molar-refractivity contribution in [3.63, 3.8) is 0 Å². The molecule has 0 saturated carbocycles. The number of nitrogens with zero attached hydrogens (tertiary/aromatic N) is 1. The first-order chi connectivity index (χ1) is 17.8. The number of rotatable bonds is 9. The van der Waals surface area contributed by atoms with Gasteiger partial charge in [0.05, 0.1) is 25.3 Å². The number of aliphatic hydroxyl groups is 1. The van der Waals surface area contributed by atoms with Crippen LogP contribution in [0.15, 0.2) is 72.3 Å². The Morgan fingerprint density at radius 2 is 1.62 bits per heavy atom. The van der Waals surface area contributed by atoms with Crippen molar-refractivity contribution >= 4 is 17.4 Å². The van der Waals surface area contributed by atoms with Crippen LogP contribution in [0.1, 0.15) is 33.9 Å². The summed E-state index contributed by atoms with van der Waals surface area (Å²) < 4.78 is 16.4. The van der Waals surface area contributed by atoms with E-state index in [-0.39, 0.29) is 24.5 Å². The maximum absolute atomic E-state index is 13.2. The molecule has 1 heterocycles. The molecule has 3 aromatic rings. The Balaban J connectivity index is 1.69. The van der Waals surface area contributed by atoms with E-state index >= 15 is 0 Å². The van der Waals surface area contributed by atoms with Gasteiger partial charge in [-0.15, -0.1) is 0 Å². The van der Waals surface area contributed by atoms with E-state index in [1.807, 2.05) is 62.4 Å². The number of methoxy groups -OCH3 is 2. The van der Waals surface area contributed by atoms with Crippen LogP contribution in [0.5, 0.6) is 11.5 Å². The van der Waals surface area contributed by atoms with E-state index in [0.29, 0.717) is 29.2 Å². The third kappa shape index (κ3) is 5.37. The van der Waals surface area contributed by atoms with Crippen molar-refractivity contribution < 1.29 is 28.9 Å². The second-order valence-corrected chi connectivity index (χ2v) is 8.95. The molecule has 1 saturated heterocycles. The second kappa shape index (κ2) is 11.3. The first kappa shape index (κ1) is 26.0. The molecule has 1 amide bonds. The molecule has 0 aromatic heterocycles. The molecule has 1 unspecified atom stereocenters. The molecule has 1 aliphatic rings. The van der Waals surface area contributed by atoms with E-state index in [4.69, 9.17) is 14.2 Å². The van der Waals surface area contributed by atoms with Gasteiger partial charge in [-0.05, 0) is 66.4 Å². The van der Waals surface area contributed by atoms with Crippen LogP contribution < -0.4 is 9.47 Å². The van der Waals surface area contributed by atoms with Gasteiger partial charge in [-0.25, -0.2) is 0 Å². The number of carbonyl (C=O) groups is 2. The molecule has 1 aliphatic heterocycles. The number of Topliss-reactive ketones (excluding diaryl/α,β-unsaturated/α-hetero) is 1. The summed E-state index contributed by atoms with van der Waals surface area (Å²) >= 11 is 0. The summed E-state index contributed by atoms with van der Waals surface area (Å²) in [6, 6.07) is 19.7. The van der Waals surface area contributed by atoms with E-state index in [0.717, 1.165) is 16.7 Å². The number of ketones is 1. The van der Waals surface area contributed by atoms with Gasteiger partial charge in [-0.1, -0.05) is 36.4 Å². The number of carbonyl (C=O) groups excluding carboxylic acids is 2. The molecule has 0 radical (unpaired) electrons. The quantitative estimate of drug-likeness (QED) is 0.253. The fraction of sp³-hybridized carbons (Fsp3) is 0.267. The fourth-order valence-electron chi connectivity index (χ4n) is 4.50. The molecule has 7 heteroatoms. The summed E-state index contributed by atoms with van der Waals surface area (Å²) in [5.74, 6) is -0.328. The number of ether oxygens (including phenoxy) is 3. The lowest BCUT2D eigenvalue weighted by atomic mass is 9.94. The summed E-state index contributed by atoms with van der Waals surface area (Å²) in [6.45, 7) is 4.73. The summed E-state index contributed by atoms with van der Waals surface area (Å²) in [4.78, 5) is 27.6. The van der Waals surface area contributed by atoms with Crippen LogP contribution in [-0.4, -0.2) is 49.1 Å². The maximum atomic E-state index is 13.2. The normalized spacial score (nSPS) is 16.8. The molecule has 0 bridgehead atoms. The smallest absolute Gasteiger partial charge is 0.295 e. The minimum absolute atomic E-state index is 0.0444. The van der Waals surface area contributed by atoms with Crippen LogP contribution >= 0.6 is 0 Å². The predicted octanol–water partition coefficient (Wildman–Crippen LogP) is 4.96. The van der Waals surface area contributed by atoms with Gasteiger partial charge in [0.25, 0.3) is 11.7 Å². The van der Waals surface area contributed by atoms with Crippen LogP contribution in [0, 0.1) is 13.8 Å². The van der Waals surface area contributed by atoms with Crippen LogP contribution in [0.3, 0.4) is 0 Å². The molecule has 4 rings (SSSR count). The molecule has 7 nitrogen and oxygen atoms in total. The number of aliphatic hydroxyl groups excluding tert-OH is 1. The van der Waals surface area contributed by atoms with Crippen LogP contribution in [0.2, 0.25) is 0 Å². The Bertz CT molecular complexity index is 1330. The zero-order valence-electron chi connectivity index (χ0n) is 21.5. The zero-order valence-corrected chi connectivity index (χ0v) is 21.5. The Labute approximate surface area is 216 Å².